The highest BCUT2D eigenvalue weighted by Gasteiger charge is 2.26. The lowest BCUT2D eigenvalue weighted by molar-refractivity contribution is 0.0534. The molecule has 6 nitrogen and oxygen atoms in total. The number of thioether (sulfide) groups is 1. The molecular formula is C20H21FN4O2S. The topological polar surface area (TPSA) is 63.4 Å². The number of nitrogens with zero attached hydrogens (tertiary/aromatic N) is 3. The van der Waals surface area contributed by atoms with Crippen molar-refractivity contribution >= 4 is 17.4 Å². The predicted molar refractivity (Wildman–Crippen MR) is 107 cm³/mol. The minimum Gasteiger partial charge on any atom is -0.411 e. The van der Waals surface area contributed by atoms with Crippen LogP contribution in [0.5, 0.6) is 0 Å². The van der Waals surface area contributed by atoms with Crippen molar-refractivity contribution in [3.05, 3.63) is 59.9 Å². The Labute approximate surface area is 167 Å². The summed E-state index contributed by atoms with van der Waals surface area (Å²) >= 11 is 1.41. The van der Waals surface area contributed by atoms with Crippen LogP contribution in [0.4, 0.5) is 10.1 Å². The molecule has 0 spiro atoms. The molecule has 8 heteroatoms. The van der Waals surface area contributed by atoms with Gasteiger partial charge in [0, 0.05) is 32.1 Å². The maximum atomic E-state index is 13.8. The van der Waals surface area contributed by atoms with Crippen molar-refractivity contribution in [3.8, 4) is 11.5 Å². The number of hydrogen-bond donors (Lipinski definition) is 1. The van der Waals surface area contributed by atoms with E-state index in [2.05, 4.69) is 44.7 Å². The first-order valence-electron chi connectivity index (χ1n) is 8.97. The molecule has 1 fully saturated rings. The molecule has 1 aliphatic rings. The monoisotopic (exact) mass is 400 g/mol. The van der Waals surface area contributed by atoms with Crippen molar-refractivity contribution in [1.82, 2.24) is 15.5 Å². The minimum absolute atomic E-state index is 0.0207. The van der Waals surface area contributed by atoms with Crippen molar-refractivity contribution in [1.29, 1.82) is 0 Å². The molecule has 2 aromatic carbocycles. The van der Waals surface area contributed by atoms with Gasteiger partial charge >= 0.3 is 0 Å². The Balaban J connectivity index is 1.32. The first-order chi connectivity index (χ1) is 13.6. The molecular weight excluding hydrogens is 379 g/mol. The summed E-state index contributed by atoms with van der Waals surface area (Å²) in [6.07, 6.45) is -0.106. The predicted octanol–water partition coefficient (Wildman–Crippen LogP) is 3.72. The second-order valence-corrected chi connectivity index (χ2v) is 7.67. The molecule has 0 radical (unpaired) electrons. The fourth-order valence-corrected chi connectivity index (χ4v) is 3.71. The zero-order valence-corrected chi connectivity index (χ0v) is 16.4. The van der Waals surface area contributed by atoms with E-state index in [1.54, 1.807) is 18.2 Å². The summed E-state index contributed by atoms with van der Waals surface area (Å²) in [7, 11) is 4.03. The van der Waals surface area contributed by atoms with Crippen LogP contribution < -0.4 is 10.2 Å². The number of anilines is 1. The Bertz CT molecular complexity index is 932. The molecule has 2 heterocycles. The normalized spacial score (nSPS) is 19.1. The smallest absolute Gasteiger partial charge is 0.276 e. The molecule has 1 saturated heterocycles. The molecule has 28 heavy (non-hydrogen) atoms. The molecule has 0 amide bonds. The molecule has 3 aromatic rings. The van der Waals surface area contributed by atoms with Crippen molar-refractivity contribution in [2.45, 2.75) is 17.6 Å². The summed E-state index contributed by atoms with van der Waals surface area (Å²) in [5, 5.41) is 11.7. The first-order valence-corrected chi connectivity index (χ1v) is 9.96. The van der Waals surface area contributed by atoms with Gasteiger partial charge < -0.3 is 14.1 Å². The van der Waals surface area contributed by atoms with Crippen LogP contribution in [0.25, 0.3) is 11.5 Å². The van der Waals surface area contributed by atoms with E-state index < -0.39 is 0 Å². The van der Waals surface area contributed by atoms with Crippen LogP contribution in [0.15, 0.2) is 58.2 Å². The van der Waals surface area contributed by atoms with Gasteiger partial charge in [-0.25, -0.2) is 4.39 Å². The highest BCUT2D eigenvalue weighted by atomic mass is 32.2. The SMILES string of the molecule is CN(C)c1ccc([C@@H]2NC[C@H](CSc3nnc(-c4ccccc4F)o3)O2)cc1. The molecule has 1 aliphatic heterocycles. The molecule has 0 unspecified atom stereocenters. The van der Waals surface area contributed by atoms with Gasteiger partial charge in [0.25, 0.3) is 11.1 Å². The number of ether oxygens (including phenoxy) is 1. The fourth-order valence-electron chi connectivity index (χ4n) is 2.94. The second kappa shape index (κ2) is 8.30. The van der Waals surface area contributed by atoms with Crippen molar-refractivity contribution in [2.24, 2.45) is 0 Å². The molecule has 2 atom stereocenters. The van der Waals surface area contributed by atoms with Crippen LogP contribution >= 0.6 is 11.8 Å². The molecule has 146 valence electrons. The second-order valence-electron chi connectivity index (χ2n) is 6.70. The number of aromatic nitrogens is 2. The zero-order valence-electron chi connectivity index (χ0n) is 15.6. The lowest BCUT2D eigenvalue weighted by Crippen LogP contribution is -2.16. The van der Waals surface area contributed by atoms with Crippen LogP contribution in [-0.4, -0.2) is 42.7 Å². The van der Waals surface area contributed by atoms with Gasteiger partial charge in [0.1, 0.15) is 12.0 Å². The number of benzene rings is 2. The summed E-state index contributed by atoms with van der Waals surface area (Å²) in [4.78, 5) is 2.06. The van der Waals surface area contributed by atoms with E-state index in [4.69, 9.17) is 9.15 Å². The standard InChI is InChI=1S/C20H21FN4O2S/c1-25(2)14-9-7-13(8-10-14)18-22-11-15(26-18)12-28-20-24-23-19(27-20)16-5-3-4-6-17(16)21/h3-10,15,18,22H,11-12H2,1-2H3/t15-,18-/m1/s1. The highest BCUT2D eigenvalue weighted by Crippen LogP contribution is 2.29. The number of halogens is 1. The minimum atomic E-state index is -0.380. The summed E-state index contributed by atoms with van der Waals surface area (Å²) in [6.45, 7) is 0.738. The molecule has 0 bridgehead atoms. The molecule has 1 N–H and O–H groups in total. The zero-order chi connectivity index (χ0) is 19.5. The summed E-state index contributed by atoms with van der Waals surface area (Å²) < 4.78 is 25.5. The quantitative estimate of drug-likeness (QED) is 0.633. The Morgan fingerprint density at radius 2 is 1.93 bits per heavy atom. The van der Waals surface area contributed by atoms with Gasteiger partial charge in [0.2, 0.25) is 0 Å². The molecule has 0 aliphatic carbocycles. The van der Waals surface area contributed by atoms with Crippen LogP contribution in [0.1, 0.15) is 11.8 Å². The Morgan fingerprint density at radius 3 is 2.68 bits per heavy atom. The van der Waals surface area contributed by atoms with E-state index in [-0.39, 0.29) is 24.0 Å². The van der Waals surface area contributed by atoms with Gasteiger partial charge in [0.05, 0.1) is 11.7 Å². The van der Waals surface area contributed by atoms with E-state index in [1.807, 2.05) is 14.1 Å². The average molecular weight is 400 g/mol. The lowest BCUT2D eigenvalue weighted by Gasteiger charge is -2.16. The average Bonchev–Trinajstić information content (AvgIpc) is 3.36. The Hall–Kier alpha value is -2.42. The Morgan fingerprint density at radius 1 is 1.14 bits per heavy atom. The summed E-state index contributed by atoms with van der Waals surface area (Å²) in [5.74, 6) is 0.470. The van der Waals surface area contributed by atoms with Crippen LogP contribution in [0.3, 0.4) is 0 Å². The number of hydrogen-bond acceptors (Lipinski definition) is 7. The third-order valence-corrected chi connectivity index (χ3v) is 5.43. The lowest BCUT2D eigenvalue weighted by atomic mass is 10.2. The maximum Gasteiger partial charge on any atom is 0.276 e. The van der Waals surface area contributed by atoms with Gasteiger partial charge in [-0.1, -0.05) is 36.0 Å². The van der Waals surface area contributed by atoms with Crippen LogP contribution in [0.2, 0.25) is 0 Å². The molecule has 0 saturated carbocycles. The van der Waals surface area contributed by atoms with E-state index in [0.717, 1.165) is 17.8 Å². The van der Waals surface area contributed by atoms with Gasteiger partial charge in [-0.05, 0) is 29.8 Å². The fraction of sp³-hybridized carbons (Fsp3) is 0.300. The van der Waals surface area contributed by atoms with Gasteiger partial charge in [-0.3, -0.25) is 5.32 Å². The maximum absolute atomic E-state index is 13.8. The summed E-state index contributed by atoms with van der Waals surface area (Å²) in [6, 6.07) is 14.6. The largest absolute Gasteiger partial charge is 0.411 e. The third kappa shape index (κ3) is 4.19. The van der Waals surface area contributed by atoms with Crippen molar-refractivity contribution < 1.29 is 13.5 Å². The Kier molecular flexibility index (Phi) is 5.61. The molecule has 1 aromatic heterocycles. The van der Waals surface area contributed by atoms with Gasteiger partial charge in [0.15, 0.2) is 0 Å². The van der Waals surface area contributed by atoms with E-state index in [1.165, 1.54) is 17.8 Å². The van der Waals surface area contributed by atoms with Crippen LogP contribution in [-0.2, 0) is 4.74 Å². The van der Waals surface area contributed by atoms with Crippen molar-refractivity contribution in [3.63, 3.8) is 0 Å². The first kappa shape index (κ1) is 18.9. The van der Waals surface area contributed by atoms with E-state index in [9.17, 15) is 4.39 Å². The van der Waals surface area contributed by atoms with E-state index in [0.29, 0.717) is 16.5 Å². The van der Waals surface area contributed by atoms with Crippen molar-refractivity contribution in [2.75, 3.05) is 31.3 Å². The van der Waals surface area contributed by atoms with Gasteiger partial charge in [-0.2, -0.15) is 0 Å². The molecule has 4 rings (SSSR count). The van der Waals surface area contributed by atoms with E-state index >= 15 is 0 Å². The summed E-state index contributed by atoms with van der Waals surface area (Å²) in [5.41, 5.74) is 2.55. The number of rotatable bonds is 6. The van der Waals surface area contributed by atoms with Crippen LogP contribution in [0, 0.1) is 5.82 Å². The van der Waals surface area contributed by atoms with Gasteiger partial charge in [-0.15, -0.1) is 10.2 Å². The number of nitrogens with one attached hydrogen (secondary N) is 1. The third-order valence-electron chi connectivity index (χ3n) is 4.48. The highest BCUT2D eigenvalue weighted by molar-refractivity contribution is 7.99.